The highest BCUT2D eigenvalue weighted by molar-refractivity contribution is 7.13. The van der Waals surface area contributed by atoms with E-state index in [0.29, 0.717) is 16.3 Å². The number of rotatable bonds is 5. The number of hydrogen-bond donors (Lipinski definition) is 1. The largest absolute Gasteiger partial charge is 0.451 e. The molecule has 144 valence electrons. The number of halogens is 1. The van der Waals surface area contributed by atoms with Gasteiger partial charge in [0.05, 0.1) is 0 Å². The molecule has 0 radical (unpaired) electrons. The summed E-state index contributed by atoms with van der Waals surface area (Å²) in [6.45, 7) is -0.425. The average molecular weight is 406 g/mol. The van der Waals surface area contributed by atoms with Crippen LogP contribution in [0.5, 0.6) is 0 Å². The molecule has 0 saturated carbocycles. The minimum absolute atomic E-state index is 0.104. The normalized spacial score (nSPS) is 10.7. The number of carbonyl (C=O) groups is 2. The van der Waals surface area contributed by atoms with Crippen molar-refractivity contribution in [3.8, 4) is 10.6 Å². The number of ether oxygens (including phenoxy) is 1. The molecule has 0 aliphatic carbocycles. The second kappa shape index (κ2) is 8.20. The number of carbonyl (C=O) groups excluding carboxylic acids is 2. The number of fused-ring (bicyclic) bond motifs is 1. The van der Waals surface area contributed by atoms with Crippen LogP contribution in [0.1, 0.15) is 10.5 Å². The Hall–Kier alpha value is -3.58. The van der Waals surface area contributed by atoms with Gasteiger partial charge < -0.3 is 10.1 Å². The molecule has 7 heteroatoms. The van der Waals surface area contributed by atoms with E-state index >= 15 is 0 Å². The van der Waals surface area contributed by atoms with E-state index in [1.807, 2.05) is 36.4 Å². The van der Waals surface area contributed by atoms with Crippen LogP contribution in [0, 0.1) is 5.82 Å². The van der Waals surface area contributed by atoms with Gasteiger partial charge in [-0.05, 0) is 35.7 Å². The average Bonchev–Trinajstić information content (AvgIpc) is 3.23. The Morgan fingerprint density at radius 2 is 1.76 bits per heavy atom. The molecule has 1 aromatic heterocycles. The summed E-state index contributed by atoms with van der Waals surface area (Å²) in [5.74, 6) is -1.48. The zero-order valence-electron chi connectivity index (χ0n) is 15.1. The number of esters is 1. The summed E-state index contributed by atoms with van der Waals surface area (Å²) < 4.78 is 18.1. The first-order valence-corrected chi connectivity index (χ1v) is 9.64. The molecule has 1 N–H and O–H groups in total. The summed E-state index contributed by atoms with van der Waals surface area (Å²) >= 11 is 1.24. The van der Waals surface area contributed by atoms with Gasteiger partial charge in [-0.25, -0.2) is 14.2 Å². The molecule has 29 heavy (non-hydrogen) atoms. The van der Waals surface area contributed by atoms with Crippen LogP contribution in [0.15, 0.2) is 72.1 Å². The Morgan fingerprint density at radius 1 is 1.00 bits per heavy atom. The number of anilines is 1. The Kier molecular flexibility index (Phi) is 5.31. The van der Waals surface area contributed by atoms with Crippen LogP contribution < -0.4 is 5.32 Å². The van der Waals surface area contributed by atoms with Crippen molar-refractivity contribution in [2.24, 2.45) is 0 Å². The van der Waals surface area contributed by atoms with Crippen molar-refractivity contribution in [2.45, 2.75) is 0 Å². The van der Waals surface area contributed by atoms with Crippen LogP contribution >= 0.6 is 11.3 Å². The monoisotopic (exact) mass is 406 g/mol. The van der Waals surface area contributed by atoms with Crippen LogP contribution in [-0.4, -0.2) is 23.5 Å². The second-order valence-electron chi connectivity index (χ2n) is 6.20. The van der Waals surface area contributed by atoms with Crippen LogP contribution in [0.2, 0.25) is 0 Å². The first kappa shape index (κ1) is 18.8. The van der Waals surface area contributed by atoms with Crippen LogP contribution in [0.3, 0.4) is 0 Å². The van der Waals surface area contributed by atoms with Gasteiger partial charge in [-0.1, -0.05) is 36.4 Å². The van der Waals surface area contributed by atoms with Crippen molar-refractivity contribution in [3.05, 3.63) is 83.6 Å². The minimum Gasteiger partial charge on any atom is -0.451 e. The highest BCUT2D eigenvalue weighted by atomic mass is 32.1. The Balaban J connectivity index is 1.38. The molecule has 0 spiro atoms. The molecule has 4 rings (SSSR count). The van der Waals surface area contributed by atoms with E-state index in [1.165, 1.54) is 23.5 Å². The third kappa shape index (κ3) is 4.30. The van der Waals surface area contributed by atoms with Crippen molar-refractivity contribution in [1.29, 1.82) is 0 Å². The predicted octanol–water partition coefficient (Wildman–Crippen LogP) is 4.90. The lowest BCUT2D eigenvalue weighted by Crippen LogP contribution is -2.21. The molecule has 1 amide bonds. The maximum absolute atomic E-state index is 13.0. The first-order chi connectivity index (χ1) is 14.1. The highest BCUT2D eigenvalue weighted by Gasteiger charge is 2.15. The van der Waals surface area contributed by atoms with Gasteiger partial charge in [-0.15, -0.1) is 11.3 Å². The van der Waals surface area contributed by atoms with Crippen molar-refractivity contribution < 1.29 is 18.7 Å². The molecular weight excluding hydrogens is 391 g/mol. The smallest absolute Gasteiger partial charge is 0.358 e. The quantitative estimate of drug-likeness (QED) is 0.479. The first-order valence-electron chi connectivity index (χ1n) is 8.76. The van der Waals surface area contributed by atoms with Crippen LogP contribution in [-0.2, 0) is 9.53 Å². The molecule has 0 atom stereocenters. The zero-order valence-corrected chi connectivity index (χ0v) is 15.9. The molecule has 5 nitrogen and oxygen atoms in total. The van der Waals surface area contributed by atoms with Crippen molar-refractivity contribution in [2.75, 3.05) is 11.9 Å². The summed E-state index contributed by atoms with van der Waals surface area (Å²) in [4.78, 5) is 28.6. The lowest BCUT2D eigenvalue weighted by Gasteiger charge is -2.08. The van der Waals surface area contributed by atoms with E-state index in [4.69, 9.17) is 4.74 Å². The van der Waals surface area contributed by atoms with Gasteiger partial charge in [0.2, 0.25) is 0 Å². The molecule has 0 fully saturated rings. The van der Waals surface area contributed by atoms with Crippen molar-refractivity contribution >= 4 is 39.7 Å². The SMILES string of the molecule is O=C(COC(=O)c1csc(-c2ccc(F)cc2)n1)Nc1cccc2ccccc12. The topological polar surface area (TPSA) is 68.3 Å². The fraction of sp³-hybridized carbons (Fsp3) is 0.0455. The van der Waals surface area contributed by atoms with Gasteiger partial charge in [0.15, 0.2) is 12.3 Å². The number of hydrogen-bond acceptors (Lipinski definition) is 5. The third-order valence-corrected chi connectivity index (χ3v) is 5.09. The summed E-state index contributed by atoms with van der Waals surface area (Å²) in [6.07, 6.45) is 0. The molecule has 3 aromatic carbocycles. The lowest BCUT2D eigenvalue weighted by atomic mass is 10.1. The second-order valence-corrected chi connectivity index (χ2v) is 7.05. The van der Waals surface area contributed by atoms with Gasteiger partial charge in [0, 0.05) is 22.0 Å². The maximum atomic E-state index is 13.0. The maximum Gasteiger partial charge on any atom is 0.358 e. The summed E-state index contributed by atoms with van der Waals surface area (Å²) in [5.41, 5.74) is 1.45. The molecule has 4 aromatic rings. The van der Waals surface area contributed by atoms with Gasteiger partial charge >= 0.3 is 5.97 Å². The van der Waals surface area contributed by atoms with Crippen molar-refractivity contribution in [3.63, 3.8) is 0 Å². The number of nitrogens with zero attached hydrogens (tertiary/aromatic N) is 1. The van der Waals surface area contributed by atoms with Gasteiger partial charge in [0.25, 0.3) is 5.91 Å². The standard InChI is InChI=1S/C22H15FN2O3S/c23-16-10-8-15(9-11-16)21-25-19(13-29-21)22(27)28-12-20(26)24-18-7-3-5-14-4-1-2-6-17(14)18/h1-11,13H,12H2,(H,24,26). The third-order valence-electron chi connectivity index (χ3n) is 4.20. The minimum atomic E-state index is -0.692. The zero-order chi connectivity index (χ0) is 20.2. The van der Waals surface area contributed by atoms with E-state index in [-0.39, 0.29) is 11.5 Å². The summed E-state index contributed by atoms with van der Waals surface area (Å²) in [7, 11) is 0. The van der Waals surface area contributed by atoms with E-state index in [2.05, 4.69) is 10.3 Å². The number of nitrogens with one attached hydrogen (secondary N) is 1. The summed E-state index contributed by atoms with van der Waals surface area (Å²) in [6, 6.07) is 19.1. The molecule has 0 unspecified atom stereocenters. The molecule has 1 heterocycles. The van der Waals surface area contributed by atoms with Gasteiger partial charge in [-0.2, -0.15) is 0 Å². The number of benzene rings is 3. The molecular formula is C22H15FN2O3S. The Labute approximate surface area is 169 Å². The highest BCUT2D eigenvalue weighted by Crippen LogP contribution is 2.25. The fourth-order valence-electron chi connectivity index (χ4n) is 2.82. The molecule has 0 saturated heterocycles. The fourth-order valence-corrected chi connectivity index (χ4v) is 3.61. The Bertz CT molecular complexity index is 1180. The van der Waals surface area contributed by atoms with Gasteiger partial charge in [-0.3, -0.25) is 4.79 Å². The number of amides is 1. The number of aromatic nitrogens is 1. The Morgan fingerprint density at radius 3 is 2.59 bits per heavy atom. The van der Waals surface area contributed by atoms with Crippen molar-refractivity contribution in [1.82, 2.24) is 4.98 Å². The van der Waals surface area contributed by atoms with Gasteiger partial charge in [0.1, 0.15) is 10.8 Å². The van der Waals surface area contributed by atoms with Crippen LogP contribution in [0.4, 0.5) is 10.1 Å². The molecule has 0 aliphatic rings. The van der Waals surface area contributed by atoms with E-state index in [1.54, 1.807) is 23.6 Å². The van der Waals surface area contributed by atoms with E-state index in [9.17, 15) is 14.0 Å². The van der Waals surface area contributed by atoms with E-state index < -0.39 is 18.5 Å². The molecule has 0 aliphatic heterocycles. The van der Waals surface area contributed by atoms with Crippen LogP contribution in [0.25, 0.3) is 21.3 Å². The predicted molar refractivity (Wildman–Crippen MR) is 110 cm³/mol. The summed E-state index contributed by atoms with van der Waals surface area (Å²) in [5, 5.41) is 6.77. The molecule has 0 bridgehead atoms. The van der Waals surface area contributed by atoms with E-state index in [0.717, 1.165) is 10.8 Å². The lowest BCUT2D eigenvalue weighted by molar-refractivity contribution is -0.119. The number of thiazole rings is 1.